The summed E-state index contributed by atoms with van der Waals surface area (Å²) in [5.74, 6) is 1.53. The van der Waals surface area contributed by atoms with Gasteiger partial charge in [-0.15, -0.1) is 10.2 Å². The topological polar surface area (TPSA) is 63.8 Å². The Morgan fingerprint density at radius 2 is 2.09 bits per heavy atom. The predicted octanol–water partition coefficient (Wildman–Crippen LogP) is 3.32. The van der Waals surface area contributed by atoms with Crippen molar-refractivity contribution in [2.75, 3.05) is 5.75 Å². The van der Waals surface area contributed by atoms with Crippen molar-refractivity contribution in [3.63, 3.8) is 0 Å². The van der Waals surface area contributed by atoms with E-state index in [-0.39, 0.29) is 0 Å². The fourth-order valence-corrected chi connectivity index (χ4v) is 3.66. The molecular weight excluding hydrogens is 296 g/mol. The van der Waals surface area contributed by atoms with E-state index in [9.17, 15) is 5.11 Å². The molecule has 0 aromatic carbocycles. The summed E-state index contributed by atoms with van der Waals surface area (Å²) in [7, 11) is 0. The second kappa shape index (κ2) is 6.38. The predicted molar refractivity (Wildman–Crippen MR) is 87.8 cm³/mol. The normalized spacial score (nSPS) is 15.2. The highest BCUT2D eigenvalue weighted by Gasteiger charge is 2.31. The number of aliphatic hydroxyl groups is 1. The average Bonchev–Trinajstić information content (AvgIpc) is 3.32. The van der Waals surface area contributed by atoms with Gasteiger partial charge in [0.15, 0.2) is 11.0 Å². The van der Waals surface area contributed by atoms with Crippen LogP contribution in [0.3, 0.4) is 0 Å². The molecule has 6 heteroatoms. The Labute approximate surface area is 135 Å². The van der Waals surface area contributed by atoms with E-state index < -0.39 is 5.60 Å². The van der Waals surface area contributed by atoms with E-state index in [4.69, 9.17) is 0 Å². The molecule has 0 unspecified atom stereocenters. The Balaban J connectivity index is 1.85. The fourth-order valence-electron chi connectivity index (χ4n) is 2.38. The number of nitrogens with zero attached hydrogens (tertiary/aromatic N) is 4. The minimum Gasteiger partial charge on any atom is -0.389 e. The summed E-state index contributed by atoms with van der Waals surface area (Å²) in [5.41, 5.74) is 0.370. The van der Waals surface area contributed by atoms with Crippen LogP contribution < -0.4 is 0 Å². The minimum absolute atomic E-state index is 0.490. The van der Waals surface area contributed by atoms with Crippen LogP contribution in [0.1, 0.15) is 45.6 Å². The Kier molecular flexibility index (Phi) is 4.49. The largest absolute Gasteiger partial charge is 0.389 e. The average molecular weight is 318 g/mol. The first-order valence-corrected chi connectivity index (χ1v) is 8.86. The van der Waals surface area contributed by atoms with Crippen molar-refractivity contribution in [3.05, 3.63) is 24.5 Å². The molecule has 0 aliphatic heterocycles. The molecule has 1 fully saturated rings. The lowest BCUT2D eigenvalue weighted by Gasteiger charge is -2.24. The third kappa shape index (κ3) is 3.17. The molecule has 1 aliphatic rings. The van der Waals surface area contributed by atoms with Gasteiger partial charge in [-0.05, 0) is 37.8 Å². The van der Waals surface area contributed by atoms with E-state index in [0.29, 0.717) is 11.8 Å². The molecule has 0 radical (unpaired) electrons. The Morgan fingerprint density at radius 1 is 1.32 bits per heavy atom. The van der Waals surface area contributed by atoms with Gasteiger partial charge in [0.1, 0.15) is 0 Å². The molecule has 5 nitrogen and oxygen atoms in total. The molecule has 1 N–H and O–H groups in total. The molecule has 2 heterocycles. The molecule has 1 aliphatic carbocycles. The molecule has 0 spiro atoms. The Bertz CT molecular complexity index is 620. The highest BCUT2D eigenvalue weighted by atomic mass is 32.2. The highest BCUT2D eigenvalue weighted by molar-refractivity contribution is 7.99. The van der Waals surface area contributed by atoms with Gasteiger partial charge in [-0.2, -0.15) is 0 Å². The van der Waals surface area contributed by atoms with Gasteiger partial charge < -0.3 is 5.11 Å². The van der Waals surface area contributed by atoms with E-state index in [1.54, 1.807) is 18.0 Å². The van der Waals surface area contributed by atoms with Crippen LogP contribution in [0.15, 0.2) is 29.7 Å². The van der Waals surface area contributed by atoms with E-state index in [1.807, 2.05) is 32.2 Å². The van der Waals surface area contributed by atoms with Gasteiger partial charge in [0.05, 0.1) is 5.60 Å². The lowest BCUT2D eigenvalue weighted by molar-refractivity contribution is 0.0571. The number of thioether (sulfide) groups is 1. The maximum Gasteiger partial charge on any atom is 0.191 e. The molecule has 0 atom stereocenters. The van der Waals surface area contributed by atoms with E-state index >= 15 is 0 Å². The first-order chi connectivity index (χ1) is 10.7. The van der Waals surface area contributed by atoms with Crippen molar-refractivity contribution in [2.24, 2.45) is 0 Å². The molecular formula is C16H22N4OS. The van der Waals surface area contributed by atoms with Gasteiger partial charge in [0, 0.05) is 29.8 Å². The van der Waals surface area contributed by atoms with Gasteiger partial charge in [0.25, 0.3) is 0 Å². The number of aromatic nitrogens is 4. The van der Waals surface area contributed by atoms with E-state index in [2.05, 4.69) is 19.7 Å². The molecule has 0 amide bonds. The summed E-state index contributed by atoms with van der Waals surface area (Å²) in [6.45, 7) is 4.05. The molecule has 2 aromatic heterocycles. The van der Waals surface area contributed by atoms with Crippen molar-refractivity contribution in [1.82, 2.24) is 19.7 Å². The van der Waals surface area contributed by atoms with E-state index in [0.717, 1.165) is 29.4 Å². The van der Waals surface area contributed by atoms with Crippen LogP contribution in [-0.2, 0) is 0 Å². The van der Waals surface area contributed by atoms with Gasteiger partial charge in [-0.25, -0.2) is 0 Å². The first kappa shape index (κ1) is 15.5. The zero-order valence-electron chi connectivity index (χ0n) is 13.1. The summed E-state index contributed by atoms with van der Waals surface area (Å²) in [6.07, 6.45) is 7.44. The van der Waals surface area contributed by atoms with Gasteiger partial charge in [-0.1, -0.05) is 25.6 Å². The summed E-state index contributed by atoms with van der Waals surface area (Å²) in [5, 5.41) is 20.1. The van der Waals surface area contributed by atoms with Gasteiger partial charge in [0.2, 0.25) is 0 Å². The van der Waals surface area contributed by atoms with Gasteiger partial charge in [-0.3, -0.25) is 9.55 Å². The van der Waals surface area contributed by atoms with Crippen LogP contribution in [0.4, 0.5) is 0 Å². The molecule has 22 heavy (non-hydrogen) atoms. The monoisotopic (exact) mass is 318 g/mol. The second-order valence-electron chi connectivity index (χ2n) is 5.87. The van der Waals surface area contributed by atoms with Crippen LogP contribution >= 0.6 is 11.8 Å². The summed E-state index contributed by atoms with van der Waals surface area (Å²) in [6, 6.07) is 4.42. The van der Waals surface area contributed by atoms with Crippen molar-refractivity contribution in [1.29, 1.82) is 0 Å². The molecule has 0 saturated heterocycles. The number of rotatable bonds is 7. The standard InChI is InChI=1S/C16H22N4OS/c1-3-16(21,4-2)11-22-15-19-18-14(20(15)13-7-8-13)12-6-5-9-17-10-12/h5-6,9-10,13,21H,3-4,7-8,11H2,1-2H3. The van der Waals surface area contributed by atoms with Crippen LogP contribution in [0, 0.1) is 0 Å². The fraction of sp³-hybridized carbons (Fsp3) is 0.562. The first-order valence-electron chi connectivity index (χ1n) is 7.87. The summed E-state index contributed by atoms with van der Waals surface area (Å²) in [4.78, 5) is 4.18. The maximum absolute atomic E-state index is 10.5. The van der Waals surface area contributed by atoms with Gasteiger partial charge >= 0.3 is 0 Å². The van der Waals surface area contributed by atoms with Crippen LogP contribution in [-0.4, -0.2) is 36.2 Å². The molecule has 0 bridgehead atoms. The molecule has 1 saturated carbocycles. The van der Waals surface area contributed by atoms with Crippen molar-refractivity contribution in [2.45, 2.75) is 56.3 Å². The van der Waals surface area contributed by atoms with Crippen molar-refractivity contribution >= 4 is 11.8 Å². The number of hydrogen-bond donors (Lipinski definition) is 1. The van der Waals surface area contributed by atoms with Crippen molar-refractivity contribution in [3.8, 4) is 11.4 Å². The molecule has 3 rings (SSSR count). The third-order valence-electron chi connectivity index (χ3n) is 4.28. The number of pyridine rings is 1. The smallest absolute Gasteiger partial charge is 0.191 e. The minimum atomic E-state index is -0.626. The molecule has 2 aromatic rings. The van der Waals surface area contributed by atoms with Crippen molar-refractivity contribution < 1.29 is 5.11 Å². The Hall–Kier alpha value is -1.40. The SMILES string of the molecule is CCC(O)(CC)CSc1nnc(-c2cccnc2)n1C1CC1. The Morgan fingerprint density at radius 3 is 2.68 bits per heavy atom. The maximum atomic E-state index is 10.5. The third-order valence-corrected chi connectivity index (χ3v) is 5.50. The number of hydrogen-bond acceptors (Lipinski definition) is 5. The second-order valence-corrected chi connectivity index (χ2v) is 6.81. The zero-order valence-corrected chi connectivity index (χ0v) is 13.9. The lowest BCUT2D eigenvalue weighted by atomic mass is 10.0. The zero-order chi connectivity index (χ0) is 15.6. The lowest BCUT2D eigenvalue weighted by Crippen LogP contribution is -2.29. The van der Waals surface area contributed by atoms with Crippen LogP contribution in [0.5, 0.6) is 0 Å². The van der Waals surface area contributed by atoms with Crippen LogP contribution in [0.25, 0.3) is 11.4 Å². The highest BCUT2D eigenvalue weighted by Crippen LogP contribution is 2.41. The van der Waals surface area contributed by atoms with Crippen LogP contribution in [0.2, 0.25) is 0 Å². The van der Waals surface area contributed by atoms with E-state index in [1.165, 1.54) is 12.8 Å². The quantitative estimate of drug-likeness (QED) is 0.793. The molecule has 118 valence electrons. The summed E-state index contributed by atoms with van der Waals surface area (Å²) >= 11 is 1.61. The summed E-state index contributed by atoms with van der Waals surface area (Å²) < 4.78 is 2.22.